The second kappa shape index (κ2) is 19.8. The number of phenols is 1. The number of thiazole rings is 1. The van der Waals surface area contributed by atoms with Crippen molar-refractivity contribution in [3.63, 3.8) is 0 Å². The summed E-state index contributed by atoms with van der Waals surface area (Å²) in [5.74, 6) is -2.83. The van der Waals surface area contributed by atoms with Crippen molar-refractivity contribution in [1.82, 2.24) is 14.4 Å². The number of hydrogen-bond donors (Lipinski definition) is 7. The second-order valence-corrected chi connectivity index (χ2v) is 17.3. The van der Waals surface area contributed by atoms with Gasteiger partial charge in [-0.2, -0.15) is 13.5 Å². The average molecular weight is 984 g/mol. The number of ether oxygens (including phenoxy) is 1. The van der Waals surface area contributed by atoms with E-state index in [1.54, 1.807) is 43.3 Å². The molecule has 0 aliphatic heterocycles. The van der Waals surface area contributed by atoms with Crippen LogP contribution in [0.2, 0.25) is 0 Å². The van der Waals surface area contributed by atoms with Crippen LogP contribution < -0.4 is 15.8 Å². The lowest BCUT2D eigenvalue weighted by Gasteiger charge is -2.12. The summed E-state index contributed by atoms with van der Waals surface area (Å²) < 4.78 is 38.1. The predicted octanol–water partition coefficient (Wildman–Crippen LogP) is 9.91. The molecule has 8 rings (SSSR count). The number of hydrogen-bond acceptors (Lipinski definition) is 21. The fourth-order valence-corrected chi connectivity index (χ4v) is 7.89. The van der Waals surface area contributed by atoms with Crippen LogP contribution in [-0.4, -0.2) is 79.1 Å². The number of aromatic nitrogens is 3. The Labute approximate surface area is 389 Å². The topological polar surface area (TPSA) is 357 Å². The Morgan fingerprint density at radius 3 is 2.29 bits per heavy atom. The van der Waals surface area contributed by atoms with Crippen LogP contribution in [-0.2, 0) is 24.3 Å². The summed E-state index contributed by atoms with van der Waals surface area (Å²) in [7, 11) is -2.29. The van der Waals surface area contributed by atoms with Crippen LogP contribution in [0.4, 0.5) is 39.3 Å². The highest BCUT2D eigenvalue weighted by molar-refractivity contribution is 7.94. The first kappa shape index (κ1) is 47.9. The number of aromatic hydroxyl groups is 2. The number of primary amides is 1. The van der Waals surface area contributed by atoms with Crippen molar-refractivity contribution in [3.05, 3.63) is 95.6 Å². The van der Waals surface area contributed by atoms with Crippen LogP contribution in [0, 0.1) is 6.92 Å². The van der Waals surface area contributed by atoms with Crippen molar-refractivity contribution in [2.24, 2.45) is 36.4 Å². The smallest absolute Gasteiger partial charge is 0.335 e. The molecular weight excluding hydrogens is 951 g/mol. The van der Waals surface area contributed by atoms with Gasteiger partial charge in [0.25, 0.3) is 16.0 Å². The van der Waals surface area contributed by atoms with E-state index in [-0.39, 0.29) is 89.3 Å². The number of para-hydroxylation sites is 2. The van der Waals surface area contributed by atoms with Gasteiger partial charge in [-0.05, 0) is 78.5 Å². The minimum absolute atomic E-state index is 0.0277. The minimum Gasteiger partial charge on any atom is -0.505 e. The number of nitrogens with two attached hydrogens (primary N) is 1. The van der Waals surface area contributed by atoms with Gasteiger partial charge in [-0.15, -0.1) is 29.9 Å². The molecule has 3 aromatic heterocycles. The maximum atomic E-state index is 12.6. The van der Waals surface area contributed by atoms with E-state index >= 15 is 0 Å². The number of carbonyl (C=O) groups excluding carboxylic acids is 2. The molecule has 0 aliphatic carbocycles. The Morgan fingerprint density at radius 2 is 1.60 bits per heavy atom. The van der Waals surface area contributed by atoms with Crippen molar-refractivity contribution in [3.8, 4) is 17.4 Å². The highest BCUT2D eigenvalue weighted by Crippen LogP contribution is 2.47. The maximum Gasteiger partial charge on any atom is 0.335 e. The number of anilines is 1. The number of pyridine rings is 1. The number of carboxylic acids is 1. The molecule has 3 heterocycles. The molecule has 8 N–H and O–H groups in total. The number of carboxylic acid groups (broad SMARTS) is 1. The van der Waals surface area contributed by atoms with Gasteiger partial charge in [-0.25, -0.2) is 20.0 Å². The largest absolute Gasteiger partial charge is 0.505 e. The van der Waals surface area contributed by atoms with Crippen LogP contribution in [0.15, 0.2) is 114 Å². The zero-order valence-corrected chi connectivity index (χ0v) is 37.8. The lowest BCUT2D eigenvalue weighted by atomic mass is 10.1. The molecule has 0 aliphatic rings. The fraction of sp³-hybridized carbons (Fsp3) is 0.0976. The van der Waals surface area contributed by atoms with Crippen LogP contribution >= 0.6 is 23.4 Å². The molecule has 27 heteroatoms. The Kier molecular flexibility index (Phi) is 14.0. The monoisotopic (exact) mass is 983 g/mol. The molecule has 0 radical (unpaired) electrons. The number of carbonyl (C=O) groups is 3. The van der Waals surface area contributed by atoms with Crippen molar-refractivity contribution >= 4 is 128 Å². The van der Waals surface area contributed by atoms with Gasteiger partial charge >= 0.3 is 5.97 Å². The number of benzene rings is 5. The van der Waals surface area contributed by atoms with E-state index in [4.69, 9.17) is 24.6 Å². The number of nitrogens with one attached hydrogen (secondary N) is 1. The Hall–Kier alpha value is -8.05. The summed E-state index contributed by atoms with van der Waals surface area (Å²) >= 11 is 1.61. The third-order valence-corrected chi connectivity index (χ3v) is 10.9. The van der Waals surface area contributed by atoms with E-state index in [1.807, 2.05) is 0 Å². The third kappa shape index (κ3) is 10.5. The molecule has 0 saturated heterocycles. The first-order valence-corrected chi connectivity index (χ1v) is 22.4. The number of fused-ring (bicyclic) bond motifs is 5. The zero-order valence-electron chi connectivity index (χ0n) is 35.3. The molecule has 0 fully saturated rings. The number of aromatic carboxylic acids is 1. The highest BCUT2D eigenvalue weighted by atomic mass is 32.2. The van der Waals surface area contributed by atoms with E-state index in [2.05, 4.69) is 51.0 Å². The van der Waals surface area contributed by atoms with E-state index < -0.39 is 27.9 Å². The van der Waals surface area contributed by atoms with Crippen LogP contribution in [0.25, 0.3) is 37.7 Å². The Balaban J connectivity index is 0.00000130. The maximum absolute atomic E-state index is 12.6. The van der Waals surface area contributed by atoms with Gasteiger partial charge in [0.2, 0.25) is 16.9 Å². The Bertz CT molecular complexity index is 3550. The molecule has 5 aromatic carbocycles. The van der Waals surface area contributed by atoms with Gasteiger partial charge < -0.3 is 31.1 Å². The minimum atomic E-state index is -3.67. The number of methoxy groups -OCH3 is 1. The first-order valence-electron chi connectivity index (χ1n) is 19.0. The molecule has 0 atom stereocenters. The molecule has 2 amide bonds. The molecule has 68 heavy (non-hydrogen) atoms. The van der Waals surface area contributed by atoms with Crippen LogP contribution in [0.5, 0.6) is 17.4 Å². The number of phenolic OH excluding ortho intramolecular Hbond substituents is 1. The number of amides is 2. The quantitative estimate of drug-likeness (QED) is 0.0186. The molecule has 0 spiro atoms. The van der Waals surface area contributed by atoms with Gasteiger partial charge in [0, 0.05) is 18.4 Å². The van der Waals surface area contributed by atoms with Crippen molar-refractivity contribution in [2.75, 3.05) is 18.7 Å². The average Bonchev–Trinajstić information content (AvgIpc) is 3.88. The summed E-state index contributed by atoms with van der Waals surface area (Å²) in [4.78, 5) is 45.3. The summed E-state index contributed by atoms with van der Waals surface area (Å²) in [6.07, 6.45) is 0.715. The van der Waals surface area contributed by atoms with Crippen LogP contribution in [0.1, 0.15) is 33.2 Å². The van der Waals surface area contributed by atoms with Gasteiger partial charge in [-0.3, -0.25) is 18.5 Å². The highest BCUT2D eigenvalue weighted by Gasteiger charge is 2.24. The summed E-state index contributed by atoms with van der Waals surface area (Å²) in [5, 5.41) is 74.3. The zero-order chi connectivity index (χ0) is 49.0. The first-order chi connectivity index (χ1) is 32.3. The molecule has 24 nitrogen and oxygen atoms in total. The van der Waals surface area contributed by atoms with E-state index in [1.165, 1.54) is 60.9 Å². The SMILES string of the molecule is COc1cc(N=Nc2c(SOOO)cc3cc(N=Nc4c(C)c(C(N)=O)c5nc6ccccc6n5c4O)ccc3c2O)c(NC(C)=O)cc1N=Nc1nc2ccc(C(=O)O)cc2s1.CS(=O)(=O)O. The van der Waals surface area contributed by atoms with Crippen LogP contribution in [0.3, 0.4) is 0 Å². The van der Waals surface area contributed by atoms with Crippen molar-refractivity contribution in [2.45, 2.75) is 18.7 Å². The summed E-state index contributed by atoms with van der Waals surface area (Å²) in [6.45, 7) is 2.85. The molecular formula is C41H33N11O13S3. The molecule has 0 bridgehead atoms. The lowest BCUT2D eigenvalue weighted by Crippen LogP contribution is -2.15. The van der Waals surface area contributed by atoms with Gasteiger partial charge in [0.1, 0.15) is 28.5 Å². The number of azo groups is 3. The standard InChI is InChI=1S/C40H29N11O10S2.CH4O3S/c1-17-32(36(41)54)37-43-23-6-4-5-7-28(23)51(37)38(55)33(17)48-45-21-9-10-22-20(12-21)14-31(63-61-60-58)34(35(22)53)49-46-26-16-29(59-3)27(15-25(26)42-18(2)52)47-50-40-44-24-11-8-19(39(56)57)13-30(24)62-40;1-5(2,3)4/h4-16,53,55,58H,1-3H3,(H2,41,54)(H,42,52)(H,56,57);1H3,(H,2,3,4). The van der Waals surface area contributed by atoms with Gasteiger partial charge in [-0.1, -0.05) is 28.5 Å². The molecule has 0 saturated carbocycles. The van der Waals surface area contributed by atoms with E-state index in [0.29, 0.717) is 44.9 Å². The Morgan fingerprint density at radius 1 is 0.882 bits per heavy atom. The fourth-order valence-electron chi connectivity index (χ4n) is 6.56. The van der Waals surface area contributed by atoms with E-state index in [9.17, 15) is 38.1 Å². The second-order valence-electron chi connectivity index (χ2n) is 14.0. The van der Waals surface area contributed by atoms with Gasteiger partial charge in [0.15, 0.2) is 11.4 Å². The predicted molar refractivity (Wildman–Crippen MR) is 248 cm³/mol. The summed E-state index contributed by atoms with van der Waals surface area (Å²) in [6, 6.07) is 20.5. The number of rotatable bonds is 13. The molecule has 8 aromatic rings. The molecule has 0 unspecified atom stereocenters. The van der Waals surface area contributed by atoms with Gasteiger partial charge in [0.05, 0.1) is 74.1 Å². The number of nitrogens with zero attached hydrogens (tertiary/aromatic N) is 9. The third-order valence-electron chi connectivity index (χ3n) is 9.37. The normalized spacial score (nSPS) is 11.9. The lowest BCUT2D eigenvalue weighted by molar-refractivity contribution is -0.432. The van der Waals surface area contributed by atoms with Crippen molar-refractivity contribution in [1.29, 1.82) is 0 Å². The van der Waals surface area contributed by atoms with Crippen molar-refractivity contribution < 1.29 is 62.0 Å². The molecule has 348 valence electrons. The summed E-state index contributed by atoms with van der Waals surface area (Å²) in [5.41, 5.74) is 8.39. The number of imidazole rings is 1. The van der Waals surface area contributed by atoms with E-state index in [0.717, 1.165) is 11.3 Å².